The Morgan fingerprint density at radius 1 is 1.22 bits per heavy atom. The van der Waals surface area contributed by atoms with Crippen LogP contribution in [0.1, 0.15) is 48.7 Å². The fraction of sp³-hybridized carbons (Fsp3) is 0.480. The average molecular weight is 553 g/mol. The third-order valence-electron chi connectivity index (χ3n) is 5.63. The number of nitrogens with one attached hydrogen (secondary N) is 2. The number of ether oxygens (including phenoxy) is 2. The van der Waals surface area contributed by atoms with Crippen LogP contribution in [0.25, 0.3) is 0 Å². The van der Waals surface area contributed by atoms with Gasteiger partial charge in [0.15, 0.2) is 5.96 Å². The molecule has 0 spiro atoms. The molecule has 176 valence electrons. The summed E-state index contributed by atoms with van der Waals surface area (Å²) in [6.07, 6.45) is 1.57. The normalized spacial score (nSPS) is 19.6. The lowest BCUT2D eigenvalue weighted by molar-refractivity contribution is -0.0265. The lowest BCUT2D eigenvalue weighted by atomic mass is 9.89. The van der Waals surface area contributed by atoms with Crippen LogP contribution in [0.2, 0.25) is 0 Å². The van der Waals surface area contributed by atoms with Gasteiger partial charge in [-0.3, -0.25) is 4.99 Å². The summed E-state index contributed by atoms with van der Waals surface area (Å²) in [5.74, 6) is 1.80. The average Bonchev–Trinajstić information content (AvgIpc) is 2.81. The lowest BCUT2D eigenvalue weighted by Crippen LogP contribution is -2.42. The Hall–Kier alpha value is -1.84. The molecule has 0 aliphatic carbocycles. The highest BCUT2D eigenvalue weighted by molar-refractivity contribution is 14.0. The standard InChI is InChI=1S/C25H35N3O3.HI/c1-4-26-25(28-17-23(29)20-7-5-9-22(15-20)30-3)27-16-21-8-6-14-31-24(21)19-12-10-18(2)11-13-19;/h5,7,9-13,15,21,23-24,29H,4,6,8,14,16-17H2,1-3H3,(H2,26,27,28);1H. The molecule has 0 amide bonds. The second-order valence-electron chi connectivity index (χ2n) is 8.00. The van der Waals surface area contributed by atoms with Gasteiger partial charge >= 0.3 is 0 Å². The second-order valence-corrected chi connectivity index (χ2v) is 8.00. The van der Waals surface area contributed by atoms with Gasteiger partial charge in [0.2, 0.25) is 0 Å². The van der Waals surface area contributed by atoms with Gasteiger partial charge in [0.1, 0.15) is 5.75 Å². The summed E-state index contributed by atoms with van der Waals surface area (Å²) in [5.41, 5.74) is 3.27. The van der Waals surface area contributed by atoms with E-state index in [4.69, 9.17) is 9.47 Å². The summed E-state index contributed by atoms with van der Waals surface area (Å²) in [7, 11) is 1.62. The number of aliphatic imine (C=N–C) groups is 1. The molecule has 3 unspecified atom stereocenters. The summed E-state index contributed by atoms with van der Waals surface area (Å²) in [5, 5.41) is 17.3. The molecule has 0 aromatic heterocycles. The monoisotopic (exact) mass is 553 g/mol. The van der Waals surface area contributed by atoms with Crippen molar-refractivity contribution in [1.29, 1.82) is 0 Å². The maximum atomic E-state index is 10.5. The highest BCUT2D eigenvalue weighted by Crippen LogP contribution is 2.33. The maximum Gasteiger partial charge on any atom is 0.191 e. The second kappa shape index (κ2) is 13.6. The minimum Gasteiger partial charge on any atom is -0.497 e. The van der Waals surface area contributed by atoms with Gasteiger partial charge in [0.05, 0.1) is 25.9 Å². The van der Waals surface area contributed by atoms with E-state index in [0.29, 0.717) is 11.9 Å². The van der Waals surface area contributed by atoms with Gasteiger partial charge in [-0.15, -0.1) is 24.0 Å². The van der Waals surface area contributed by atoms with Gasteiger partial charge in [-0.25, -0.2) is 0 Å². The quantitative estimate of drug-likeness (QED) is 0.257. The van der Waals surface area contributed by atoms with E-state index in [0.717, 1.165) is 43.9 Å². The Morgan fingerprint density at radius 3 is 2.72 bits per heavy atom. The van der Waals surface area contributed by atoms with Crippen molar-refractivity contribution >= 4 is 29.9 Å². The first-order valence-corrected chi connectivity index (χ1v) is 11.1. The Labute approximate surface area is 208 Å². The molecule has 1 aliphatic heterocycles. The number of rotatable bonds is 8. The molecule has 1 saturated heterocycles. The molecule has 3 N–H and O–H groups in total. The van der Waals surface area contributed by atoms with Crippen molar-refractivity contribution in [3.63, 3.8) is 0 Å². The fourth-order valence-corrected chi connectivity index (χ4v) is 3.88. The molecule has 7 heteroatoms. The topological polar surface area (TPSA) is 75.1 Å². The zero-order valence-corrected chi connectivity index (χ0v) is 21.5. The van der Waals surface area contributed by atoms with E-state index in [1.165, 1.54) is 11.1 Å². The summed E-state index contributed by atoms with van der Waals surface area (Å²) in [6.45, 7) is 6.72. The van der Waals surface area contributed by atoms with Crippen LogP contribution in [0, 0.1) is 12.8 Å². The summed E-state index contributed by atoms with van der Waals surface area (Å²) in [6, 6.07) is 16.1. The highest BCUT2D eigenvalue weighted by atomic mass is 127. The Morgan fingerprint density at radius 2 is 2.00 bits per heavy atom. The highest BCUT2D eigenvalue weighted by Gasteiger charge is 2.27. The Balaban J connectivity index is 0.00000363. The molecule has 2 aromatic rings. The number of benzene rings is 2. The number of guanidine groups is 1. The van der Waals surface area contributed by atoms with Crippen molar-refractivity contribution in [2.45, 2.75) is 38.9 Å². The zero-order valence-electron chi connectivity index (χ0n) is 19.2. The number of aryl methyl sites for hydroxylation is 1. The molecule has 32 heavy (non-hydrogen) atoms. The molecule has 6 nitrogen and oxygen atoms in total. The molecule has 0 radical (unpaired) electrons. The predicted molar refractivity (Wildman–Crippen MR) is 140 cm³/mol. The van der Waals surface area contributed by atoms with E-state index >= 15 is 0 Å². The lowest BCUT2D eigenvalue weighted by Gasteiger charge is -2.32. The first-order chi connectivity index (χ1) is 15.1. The van der Waals surface area contributed by atoms with Crippen LogP contribution in [-0.4, -0.2) is 44.4 Å². The van der Waals surface area contributed by atoms with E-state index in [1.807, 2.05) is 31.2 Å². The molecule has 1 fully saturated rings. The number of halogens is 1. The van der Waals surface area contributed by atoms with Crippen molar-refractivity contribution in [3.8, 4) is 5.75 Å². The van der Waals surface area contributed by atoms with Crippen molar-refractivity contribution in [2.24, 2.45) is 10.9 Å². The summed E-state index contributed by atoms with van der Waals surface area (Å²) in [4.78, 5) is 4.60. The molecule has 0 bridgehead atoms. The molecule has 1 aliphatic rings. The van der Waals surface area contributed by atoms with Gasteiger partial charge in [-0.05, 0) is 49.9 Å². The Bertz CT molecular complexity index is 845. The molecule has 3 atom stereocenters. The first kappa shape index (κ1) is 26.4. The van der Waals surface area contributed by atoms with Crippen LogP contribution < -0.4 is 15.4 Å². The number of nitrogens with zero attached hydrogens (tertiary/aromatic N) is 1. The molecule has 0 saturated carbocycles. The number of hydrogen-bond acceptors (Lipinski definition) is 4. The minimum absolute atomic E-state index is 0. The fourth-order valence-electron chi connectivity index (χ4n) is 3.88. The van der Waals surface area contributed by atoms with Crippen LogP contribution in [0.3, 0.4) is 0 Å². The van der Waals surface area contributed by atoms with E-state index in [9.17, 15) is 5.11 Å². The molecule has 1 heterocycles. The van der Waals surface area contributed by atoms with Crippen molar-refractivity contribution < 1.29 is 14.6 Å². The van der Waals surface area contributed by atoms with Gasteiger partial charge in [0, 0.05) is 25.6 Å². The molecular formula is C25H36IN3O3. The van der Waals surface area contributed by atoms with Crippen LogP contribution in [0.15, 0.2) is 53.5 Å². The third-order valence-corrected chi connectivity index (χ3v) is 5.63. The van der Waals surface area contributed by atoms with Crippen LogP contribution in [0.4, 0.5) is 0 Å². The molecular weight excluding hydrogens is 517 g/mol. The number of aliphatic hydroxyl groups is 1. The van der Waals surface area contributed by atoms with Gasteiger partial charge in [-0.1, -0.05) is 42.0 Å². The van der Waals surface area contributed by atoms with Crippen LogP contribution in [-0.2, 0) is 4.74 Å². The molecule has 3 rings (SSSR count). The first-order valence-electron chi connectivity index (χ1n) is 11.1. The van der Waals surface area contributed by atoms with Crippen molar-refractivity contribution in [1.82, 2.24) is 10.6 Å². The number of methoxy groups -OCH3 is 1. The largest absolute Gasteiger partial charge is 0.497 e. The number of aliphatic hydroxyl groups excluding tert-OH is 1. The van der Waals surface area contributed by atoms with Gasteiger partial charge in [0.25, 0.3) is 0 Å². The smallest absolute Gasteiger partial charge is 0.191 e. The third kappa shape index (κ3) is 7.64. The summed E-state index contributed by atoms with van der Waals surface area (Å²) >= 11 is 0. The zero-order chi connectivity index (χ0) is 22.1. The number of hydrogen-bond donors (Lipinski definition) is 3. The predicted octanol–water partition coefficient (Wildman–Crippen LogP) is 4.38. The van der Waals surface area contributed by atoms with Crippen LogP contribution >= 0.6 is 24.0 Å². The SMILES string of the molecule is CCNC(=NCC(O)c1cccc(OC)c1)NCC1CCCOC1c1ccc(C)cc1.I. The van der Waals surface area contributed by atoms with E-state index in [1.54, 1.807) is 7.11 Å². The molecule has 2 aromatic carbocycles. The van der Waals surface area contributed by atoms with Gasteiger partial charge < -0.3 is 25.2 Å². The van der Waals surface area contributed by atoms with Crippen molar-refractivity contribution in [3.05, 3.63) is 65.2 Å². The van der Waals surface area contributed by atoms with Crippen molar-refractivity contribution in [2.75, 3.05) is 33.4 Å². The van der Waals surface area contributed by atoms with E-state index in [-0.39, 0.29) is 36.6 Å². The van der Waals surface area contributed by atoms with E-state index in [2.05, 4.69) is 46.8 Å². The van der Waals surface area contributed by atoms with Gasteiger partial charge in [-0.2, -0.15) is 0 Å². The Kier molecular flexibility index (Phi) is 11.3. The maximum absolute atomic E-state index is 10.5. The van der Waals surface area contributed by atoms with E-state index < -0.39 is 6.10 Å². The minimum atomic E-state index is -0.691. The summed E-state index contributed by atoms with van der Waals surface area (Å²) < 4.78 is 11.4. The van der Waals surface area contributed by atoms with Crippen LogP contribution in [0.5, 0.6) is 5.75 Å².